The van der Waals surface area contributed by atoms with Gasteiger partial charge in [-0.15, -0.1) is 0 Å². The number of Topliss-reactive ketones (excluding diaryl/α,β-unsaturated/α-hetero) is 1. The van der Waals surface area contributed by atoms with Crippen LogP contribution in [0.25, 0.3) is 5.76 Å². The van der Waals surface area contributed by atoms with E-state index in [0.717, 1.165) is 18.4 Å². The van der Waals surface area contributed by atoms with Crippen LogP contribution < -0.4 is 4.74 Å². The van der Waals surface area contributed by atoms with Crippen molar-refractivity contribution in [3.05, 3.63) is 65.0 Å². The van der Waals surface area contributed by atoms with Crippen molar-refractivity contribution >= 4 is 17.4 Å². The van der Waals surface area contributed by atoms with Gasteiger partial charge in [0, 0.05) is 25.5 Å². The summed E-state index contributed by atoms with van der Waals surface area (Å²) in [5, 5.41) is 11.5. The number of pyridine rings is 1. The first-order valence-corrected chi connectivity index (χ1v) is 11.2. The van der Waals surface area contributed by atoms with Crippen LogP contribution in [0.3, 0.4) is 0 Å². The normalized spacial score (nSPS) is 22.7. The molecule has 2 aromatic rings. The Morgan fingerprint density at radius 1 is 1.21 bits per heavy atom. The number of hydrogen-bond acceptors (Lipinski definition) is 6. The molecular weight excluding hydrogens is 420 g/mol. The molecule has 1 amide bonds. The summed E-state index contributed by atoms with van der Waals surface area (Å²) in [6, 6.07) is 8.32. The molecule has 33 heavy (non-hydrogen) atoms. The van der Waals surface area contributed by atoms with E-state index in [2.05, 4.69) is 25.8 Å². The van der Waals surface area contributed by atoms with Crippen molar-refractivity contribution in [3.8, 4) is 5.75 Å². The van der Waals surface area contributed by atoms with Gasteiger partial charge in [-0.2, -0.15) is 0 Å². The van der Waals surface area contributed by atoms with Gasteiger partial charge in [0.2, 0.25) is 0 Å². The number of hydrogen-bond donors (Lipinski definition) is 1. The molecule has 0 aliphatic carbocycles. The van der Waals surface area contributed by atoms with E-state index in [4.69, 9.17) is 9.47 Å². The number of carbonyl (C=O) groups is 2. The Morgan fingerprint density at radius 2 is 1.94 bits per heavy atom. The average Bonchev–Trinajstić information content (AvgIpc) is 3.40. The molecule has 0 saturated carbocycles. The van der Waals surface area contributed by atoms with Gasteiger partial charge in [-0.1, -0.05) is 26.8 Å². The monoisotopic (exact) mass is 450 g/mol. The fourth-order valence-corrected chi connectivity index (χ4v) is 4.47. The molecular formula is C26H30N2O5. The highest BCUT2D eigenvalue weighted by molar-refractivity contribution is 6.46. The fourth-order valence-electron chi connectivity index (χ4n) is 4.47. The number of amides is 1. The van der Waals surface area contributed by atoms with Crippen molar-refractivity contribution in [3.63, 3.8) is 0 Å². The first kappa shape index (κ1) is 23.0. The maximum absolute atomic E-state index is 13.3. The van der Waals surface area contributed by atoms with Crippen LogP contribution in [0.2, 0.25) is 0 Å². The molecule has 7 heteroatoms. The molecule has 1 aromatic heterocycles. The molecule has 2 unspecified atom stereocenters. The highest BCUT2D eigenvalue weighted by Crippen LogP contribution is 2.42. The van der Waals surface area contributed by atoms with Crippen molar-refractivity contribution in [2.24, 2.45) is 0 Å². The third-order valence-electron chi connectivity index (χ3n) is 6.31. The minimum Gasteiger partial charge on any atom is -0.507 e. The first-order valence-electron chi connectivity index (χ1n) is 11.2. The predicted molar refractivity (Wildman–Crippen MR) is 124 cm³/mol. The molecule has 0 spiro atoms. The van der Waals surface area contributed by atoms with Crippen LogP contribution in [0.4, 0.5) is 0 Å². The lowest BCUT2D eigenvalue weighted by Crippen LogP contribution is -2.36. The molecule has 2 fully saturated rings. The molecule has 4 rings (SSSR count). The summed E-state index contributed by atoms with van der Waals surface area (Å²) in [5.41, 5.74) is 1.93. The van der Waals surface area contributed by atoms with E-state index in [-0.39, 0.29) is 29.4 Å². The van der Waals surface area contributed by atoms with E-state index in [0.29, 0.717) is 23.5 Å². The summed E-state index contributed by atoms with van der Waals surface area (Å²) in [4.78, 5) is 32.0. The zero-order valence-electron chi connectivity index (χ0n) is 19.5. The molecule has 0 radical (unpaired) electrons. The third kappa shape index (κ3) is 4.37. The lowest BCUT2D eigenvalue weighted by Gasteiger charge is -2.27. The number of likely N-dealkylation sites (tertiary alicyclic amines) is 1. The van der Waals surface area contributed by atoms with Crippen molar-refractivity contribution < 1.29 is 24.2 Å². The first-order chi connectivity index (χ1) is 15.7. The second-order valence-corrected chi connectivity index (χ2v) is 9.53. The molecule has 2 saturated heterocycles. The Morgan fingerprint density at radius 3 is 2.55 bits per heavy atom. The number of aliphatic hydroxyl groups excluding tert-OH is 1. The van der Waals surface area contributed by atoms with E-state index >= 15 is 0 Å². The van der Waals surface area contributed by atoms with E-state index in [9.17, 15) is 14.7 Å². The predicted octanol–water partition coefficient (Wildman–Crippen LogP) is 3.99. The van der Waals surface area contributed by atoms with Crippen molar-refractivity contribution in [2.75, 3.05) is 20.3 Å². The summed E-state index contributed by atoms with van der Waals surface area (Å²) < 4.78 is 11.2. The topological polar surface area (TPSA) is 89.0 Å². The molecule has 1 aromatic carbocycles. The Hall–Kier alpha value is -3.19. The second-order valence-electron chi connectivity index (χ2n) is 9.53. The molecule has 2 aliphatic rings. The number of benzene rings is 1. The van der Waals surface area contributed by atoms with Gasteiger partial charge in [0.1, 0.15) is 11.5 Å². The molecule has 7 nitrogen and oxygen atoms in total. The van der Waals surface area contributed by atoms with Crippen molar-refractivity contribution in [2.45, 2.75) is 51.2 Å². The molecule has 174 valence electrons. The standard InChI is InChI=1S/C26H30N2O5/c1-26(2,3)17-7-8-20(32-4)19(14-17)23(29)21-22(16-9-11-27-12-10-16)28(25(31)24(21)30)15-18-6-5-13-33-18/h7-12,14,18,22,29H,5-6,13,15H2,1-4H3/b23-21+. The van der Waals surface area contributed by atoms with Gasteiger partial charge in [-0.25, -0.2) is 0 Å². The zero-order valence-corrected chi connectivity index (χ0v) is 19.5. The van der Waals surface area contributed by atoms with Gasteiger partial charge in [0.05, 0.1) is 30.4 Å². The summed E-state index contributed by atoms with van der Waals surface area (Å²) in [6.45, 7) is 7.13. The van der Waals surface area contributed by atoms with E-state index in [1.54, 1.807) is 30.6 Å². The number of rotatable bonds is 5. The van der Waals surface area contributed by atoms with Gasteiger partial charge in [0.25, 0.3) is 11.7 Å². The highest BCUT2D eigenvalue weighted by Gasteiger charge is 2.47. The Kier molecular flexibility index (Phi) is 6.26. The largest absolute Gasteiger partial charge is 0.507 e. The van der Waals surface area contributed by atoms with Crippen LogP contribution in [-0.2, 0) is 19.7 Å². The molecule has 2 aliphatic heterocycles. The van der Waals surface area contributed by atoms with Crippen LogP contribution >= 0.6 is 0 Å². The minimum absolute atomic E-state index is 0.0496. The van der Waals surface area contributed by atoms with E-state index in [1.165, 1.54) is 12.0 Å². The lowest BCUT2D eigenvalue weighted by atomic mass is 9.85. The van der Waals surface area contributed by atoms with Gasteiger partial charge in [-0.05, 0) is 53.6 Å². The van der Waals surface area contributed by atoms with Gasteiger partial charge in [-0.3, -0.25) is 14.6 Å². The molecule has 3 heterocycles. The quantitative estimate of drug-likeness (QED) is 0.421. The highest BCUT2D eigenvalue weighted by atomic mass is 16.5. The lowest BCUT2D eigenvalue weighted by molar-refractivity contribution is -0.140. The maximum Gasteiger partial charge on any atom is 0.295 e. The summed E-state index contributed by atoms with van der Waals surface area (Å²) in [5.74, 6) is -1.16. The Bertz CT molecular complexity index is 1080. The van der Waals surface area contributed by atoms with Gasteiger partial charge < -0.3 is 19.5 Å². The Balaban J connectivity index is 1.88. The SMILES string of the molecule is COc1ccc(C(C)(C)C)cc1/C(O)=C1\C(=O)C(=O)N(CC2CCCO2)C1c1ccncc1. The number of carbonyl (C=O) groups excluding carboxylic acids is 2. The van der Waals surface area contributed by atoms with Crippen LogP contribution in [0, 0.1) is 0 Å². The number of aliphatic hydroxyl groups is 1. The Labute approximate surface area is 194 Å². The van der Waals surface area contributed by atoms with Crippen molar-refractivity contribution in [1.82, 2.24) is 9.88 Å². The third-order valence-corrected chi connectivity index (χ3v) is 6.31. The van der Waals surface area contributed by atoms with E-state index < -0.39 is 17.7 Å². The van der Waals surface area contributed by atoms with Crippen LogP contribution in [0.1, 0.15) is 56.3 Å². The second kappa shape index (κ2) is 8.98. The average molecular weight is 451 g/mol. The molecule has 1 N–H and O–H groups in total. The fraction of sp³-hybridized carbons (Fsp3) is 0.423. The zero-order chi connectivity index (χ0) is 23.8. The van der Waals surface area contributed by atoms with Gasteiger partial charge >= 0.3 is 0 Å². The number of ketones is 1. The maximum atomic E-state index is 13.3. The van der Waals surface area contributed by atoms with Crippen LogP contribution in [-0.4, -0.2) is 53.0 Å². The van der Waals surface area contributed by atoms with Crippen LogP contribution in [0.5, 0.6) is 5.75 Å². The summed E-state index contributed by atoms with van der Waals surface area (Å²) in [7, 11) is 1.51. The van der Waals surface area contributed by atoms with Crippen molar-refractivity contribution in [1.29, 1.82) is 0 Å². The van der Waals surface area contributed by atoms with Gasteiger partial charge in [0.15, 0.2) is 0 Å². The summed E-state index contributed by atoms with van der Waals surface area (Å²) in [6.07, 6.45) is 4.84. The van der Waals surface area contributed by atoms with Crippen LogP contribution in [0.15, 0.2) is 48.3 Å². The molecule has 2 atom stereocenters. The number of aromatic nitrogens is 1. The minimum atomic E-state index is -0.736. The smallest absolute Gasteiger partial charge is 0.295 e. The number of methoxy groups -OCH3 is 1. The number of ether oxygens (including phenoxy) is 2. The summed E-state index contributed by atoms with van der Waals surface area (Å²) >= 11 is 0. The molecule has 0 bridgehead atoms. The van der Waals surface area contributed by atoms with E-state index in [1.807, 2.05) is 12.1 Å². The number of nitrogens with zero attached hydrogens (tertiary/aromatic N) is 2.